The van der Waals surface area contributed by atoms with Crippen LogP contribution in [0.15, 0.2) is 24.3 Å². The van der Waals surface area contributed by atoms with Gasteiger partial charge in [-0.1, -0.05) is 25.1 Å². The zero-order chi connectivity index (χ0) is 14.5. The van der Waals surface area contributed by atoms with E-state index in [1.54, 1.807) is 6.92 Å². The molecule has 0 aliphatic rings. The molecule has 1 rings (SSSR count). The Bertz CT molecular complexity index is 541. The molecule has 1 aromatic rings. The van der Waals surface area contributed by atoms with E-state index in [-0.39, 0.29) is 18.2 Å². The average molecular weight is 284 g/mol. The number of para-hydroxylation sites is 1. The third kappa shape index (κ3) is 4.33. The molecule has 1 N–H and O–H groups in total. The van der Waals surface area contributed by atoms with E-state index in [1.807, 2.05) is 31.2 Å². The molecule has 0 saturated heterocycles. The molecule has 5 nitrogen and oxygen atoms in total. The lowest BCUT2D eigenvalue weighted by Crippen LogP contribution is -2.35. The maximum atomic E-state index is 11.8. The molecule has 0 radical (unpaired) electrons. The predicted molar refractivity (Wildman–Crippen MR) is 76.5 cm³/mol. The lowest BCUT2D eigenvalue weighted by molar-refractivity contribution is -0.116. The molecular formula is C13H20N2O3S. The van der Waals surface area contributed by atoms with E-state index in [0.29, 0.717) is 0 Å². The second-order valence-electron chi connectivity index (χ2n) is 4.22. The van der Waals surface area contributed by atoms with E-state index in [9.17, 15) is 13.2 Å². The summed E-state index contributed by atoms with van der Waals surface area (Å²) in [6, 6.07) is 7.48. The molecule has 1 aromatic carbocycles. The molecule has 19 heavy (non-hydrogen) atoms. The Balaban J connectivity index is 2.71. The predicted octanol–water partition coefficient (Wildman–Crippen LogP) is 1.47. The summed E-state index contributed by atoms with van der Waals surface area (Å²) in [5.41, 5.74) is 1.76. The van der Waals surface area contributed by atoms with Gasteiger partial charge in [-0.15, -0.1) is 0 Å². The van der Waals surface area contributed by atoms with Gasteiger partial charge in [0, 0.05) is 12.7 Å². The molecule has 0 aliphatic heterocycles. The van der Waals surface area contributed by atoms with Crippen LogP contribution in [-0.4, -0.2) is 38.0 Å². The molecule has 0 aromatic heterocycles. The van der Waals surface area contributed by atoms with Gasteiger partial charge in [0.05, 0.1) is 12.3 Å². The van der Waals surface area contributed by atoms with Crippen LogP contribution in [0, 0.1) is 0 Å². The maximum Gasteiger partial charge on any atom is 0.239 e. The number of nitrogens with one attached hydrogen (secondary N) is 1. The van der Waals surface area contributed by atoms with E-state index in [4.69, 9.17) is 0 Å². The standard InChI is InChI=1S/C13H20N2O3S/c1-4-11-8-6-7-9-12(11)14-13(16)10-15(3)19(17,18)5-2/h6-9H,4-5,10H2,1-3H3,(H,14,16). The highest BCUT2D eigenvalue weighted by molar-refractivity contribution is 7.89. The molecule has 0 heterocycles. The summed E-state index contributed by atoms with van der Waals surface area (Å²) < 4.78 is 24.2. The molecule has 106 valence electrons. The normalized spacial score (nSPS) is 11.6. The number of benzene rings is 1. The zero-order valence-electron chi connectivity index (χ0n) is 11.5. The largest absolute Gasteiger partial charge is 0.325 e. The lowest BCUT2D eigenvalue weighted by Gasteiger charge is -2.16. The Labute approximate surface area is 114 Å². The van der Waals surface area contributed by atoms with E-state index in [2.05, 4.69) is 5.32 Å². The van der Waals surface area contributed by atoms with Crippen LogP contribution < -0.4 is 5.32 Å². The number of hydrogen-bond donors (Lipinski definition) is 1. The van der Waals surface area contributed by atoms with Crippen LogP contribution in [-0.2, 0) is 21.2 Å². The van der Waals surface area contributed by atoms with E-state index in [1.165, 1.54) is 7.05 Å². The second-order valence-corrected chi connectivity index (χ2v) is 6.58. The van der Waals surface area contributed by atoms with Gasteiger partial charge in [0.15, 0.2) is 0 Å². The van der Waals surface area contributed by atoms with Crippen LogP contribution in [0.3, 0.4) is 0 Å². The first-order valence-corrected chi connectivity index (χ1v) is 7.83. The average Bonchev–Trinajstić information content (AvgIpc) is 2.39. The molecule has 1 amide bonds. The molecule has 0 atom stereocenters. The van der Waals surface area contributed by atoms with Crippen LogP contribution in [0.2, 0.25) is 0 Å². The molecule has 0 bridgehead atoms. The van der Waals surface area contributed by atoms with Gasteiger partial charge in [-0.25, -0.2) is 8.42 Å². The minimum Gasteiger partial charge on any atom is -0.325 e. The minimum absolute atomic E-state index is 0.0116. The van der Waals surface area contributed by atoms with Gasteiger partial charge in [-0.3, -0.25) is 4.79 Å². The number of anilines is 1. The van der Waals surface area contributed by atoms with Crippen LogP contribution in [0.1, 0.15) is 19.4 Å². The zero-order valence-corrected chi connectivity index (χ0v) is 12.3. The summed E-state index contributed by atoms with van der Waals surface area (Å²) in [5.74, 6) is -0.345. The second kappa shape index (κ2) is 6.68. The van der Waals surface area contributed by atoms with Gasteiger partial charge in [-0.2, -0.15) is 4.31 Å². The molecule has 0 saturated carbocycles. The minimum atomic E-state index is -3.33. The molecular weight excluding hydrogens is 264 g/mol. The number of sulfonamides is 1. The summed E-state index contributed by atoms with van der Waals surface area (Å²) >= 11 is 0. The maximum absolute atomic E-state index is 11.8. The Morgan fingerprint density at radius 3 is 2.47 bits per heavy atom. The van der Waals surface area contributed by atoms with Gasteiger partial charge < -0.3 is 5.32 Å². The van der Waals surface area contributed by atoms with Crippen molar-refractivity contribution >= 4 is 21.6 Å². The third-order valence-corrected chi connectivity index (χ3v) is 4.69. The quantitative estimate of drug-likeness (QED) is 0.860. The summed E-state index contributed by atoms with van der Waals surface area (Å²) in [5, 5.41) is 2.74. The summed E-state index contributed by atoms with van der Waals surface area (Å²) in [6.07, 6.45) is 0.805. The number of aryl methyl sites for hydroxylation is 1. The molecule has 6 heteroatoms. The van der Waals surface area contributed by atoms with Crippen LogP contribution in [0.5, 0.6) is 0 Å². The molecule has 0 unspecified atom stereocenters. The van der Waals surface area contributed by atoms with E-state index < -0.39 is 10.0 Å². The topological polar surface area (TPSA) is 66.5 Å². The number of carbonyl (C=O) groups excluding carboxylic acids is 1. The Morgan fingerprint density at radius 2 is 1.89 bits per heavy atom. The molecule has 0 aliphatic carbocycles. The lowest BCUT2D eigenvalue weighted by atomic mass is 10.1. The number of amides is 1. The highest BCUT2D eigenvalue weighted by atomic mass is 32.2. The number of likely N-dealkylation sites (N-methyl/N-ethyl adjacent to an activating group) is 1. The number of rotatable bonds is 6. The Morgan fingerprint density at radius 1 is 1.26 bits per heavy atom. The van der Waals surface area contributed by atoms with E-state index >= 15 is 0 Å². The van der Waals surface area contributed by atoms with Crippen molar-refractivity contribution in [2.75, 3.05) is 24.7 Å². The van der Waals surface area contributed by atoms with Crippen molar-refractivity contribution in [2.45, 2.75) is 20.3 Å². The number of hydrogen-bond acceptors (Lipinski definition) is 3. The SMILES string of the molecule is CCc1ccccc1NC(=O)CN(C)S(=O)(=O)CC. The smallest absolute Gasteiger partial charge is 0.239 e. The van der Waals surface area contributed by atoms with Crippen molar-refractivity contribution in [1.82, 2.24) is 4.31 Å². The van der Waals surface area contributed by atoms with Gasteiger partial charge in [0.2, 0.25) is 15.9 Å². The fourth-order valence-corrected chi connectivity index (χ4v) is 2.42. The van der Waals surface area contributed by atoms with Crippen molar-refractivity contribution < 1.29 is 13.2 Å². The van der Waals surface area contributed by atoms with Crippen molar-refractivity contribution in [3.8, 4) is 0 Å². The van der Waals surface area contributed by atoms with Crippen molar-refractivity contribution in [3.05, 3.63) is 29.8 Å². The first kappa shape index (κ1) is 15.7. The summed E-state index contributed by atoms with van der Waals surface area (Å²) in [4.78, 5) is 11.8. The van der Waals surface area contributed by atoms with Crippen LogP contribution in [0.4, 0.5) is 5.69 Å². The van der Waals surface area contributed by atoms with Crippen molar-refractivity contribution in [1.29, 1.82) is 0 Å². The van der Waals surface area contributed by atoms with E-state index in [0.717, 1.165) is 22.0 Å². The molecule has 0 spiro atoms. The fourth-order valence-electron chi connectivity index (χ4n) is 1.66. The van der Waals surface area contributed by atoms with Crippen molar-refractivity contribution in [2.24, 2.45) is 0 Å². The Hall–Kier alpha value is -1.40. The van der Waals surface area contributed by atoms with Gasteiger partial charge in [-0.05, 0) is 25.0 Å². The van der Waals surface area contributed by atoms with Gasteiger partial charge >= 0.3 is 0 Å². The summed E-state index contributed by atoms with van der Waals surface area (Å²) in [7, 11) is -1.92. The monoisotopic (exact) mass is 284 g/mol. The van der Waals surface area contributed by atoms with Crippen LogP contribution >= 0.6 is 0 Å². The Kier molecular flexibility index (Phi) is 5.50. The molecule has 0 fully saturated rings. The number of nitrogens with zero attached hydrogens (tertiary/aromatic N) is 1. The highest BCUT2D eigenvalue weighted by Crippen LogP contribution is 2.15. The summed E-state index contributed by atoms with van der Waals surface area (Å²) in [6.45, 7) is 3.38. The first-order valence-electron chi connectivity index (χ1n) is 6.22. The van der Waals surface area contributed by atoms with Gasteiger partial charge in [0.1, 0.15) is 0 Å². The highest BCUT2D eigenvalue weighted by Gasteiger charge is 2.18. The van der Waals surface area contributed by atoms with Crippen molar-refractivity contribution in [3.63, 3.8) is 0 Å². The third-order valence-electron chi connectivity index (χ3n) is 2.88. The number of carbonyl (C=O) groups is 1. The van der Waals surface area contributed by atoms with Crippen LogP contribution in [0.25, 0.3) is 0 Å². The van der Waals surface area contributed by atoms with Gasteiger partial charge in [0.25, 0.3) is 0 Å². The first-order chi connectivity index (χ1) is 8.90. The fraction of sp³-hybridized carbons (Fsp3) is 0.462.